The minimum Gasteiger partial charge on any atom is -0.486 e. The maximum absolute atomic E-state index is 12.4. The molecule has 0 saturated heterocycles. The summed E-state index contributed by atoms with van der Waals surface area (Å²) in [6, 6.07) is 12.6. The molecule has 0 aliphatic heterocycles. The highest BCUT2D eigenvalue weighted by Gasteiger charge is 2.14. The third kappa shape index (κ3) is 5.81. The number of hydrogen-bond acceptors (Lipinski definition) is 5. The Kier molecular flexibility index (Phi) is 7.07. The number of aryl methyl sites for hydroxylation is 1. The van der Waals surface area contributed by atoms with Gasteiger partial charge in [0.15, 0.2) is 0 Å². The first-order valence-electron chi connectivity index (χ1n) is 9.25. The van der Waals surface area contributed by atoms with Crippen LogP contribution in [0.3, 0.4) is 0 Å². The summed E-state index contributed by atoms with van der Waals surface area (Å²) in [6.07, 6.45) is 0.100. The fraction of sp³-hybridized carbons (Fsp3) is 0.227. The van der Waals surface area contributed by atoms with Crippen molar-refractivity contribution in [2.75, 3.05) is 19.4 Å². The lowest BCUT2D eigenvalue weighted by atomic mass is 10.1. The summed E-state index contributed by atoms with van der Waals surface area (Å²) in [5.41, 5.74) is 2.66. The Balaban J connectivity index is 1.58. The second-order valence-electron chi connectivity index (χ2n) is 6.95. The van der Waals surface area contributed by atoms with E-state index in [1.165, 1.54) is 21.8 Å². The van der Waals surface area contributed by atoms with E-state index in [4.69, 9.17) is 16.3 Å². The first-order valence-corrected chi connectivity index (χ1v) is 10.5. The summed E-state index contributed by atoms with van der Waals surface area (Å²) in [5.74, 6) is 0.347. The Hall–Kier alpha value is -2.90. The summed E-state index contributed by atoms with van der Waals surface area (Å²) in [7, 11) is 3.33. The molecule has 0 unspecified atom stereocenters. The van der Waals surface area contributed by atoms with Gasteiger partial charge in [-0.05, 0) is 37.3 Å². The van der Waals surface area contributed by atoms with Crippen LogP contribution in [0.2, 0.25) is 5.02 Å². The Morgan fingerprint density at radius 1 is 1.17 bits per heavy atom. The van der Waals surface area contributed by atoms with E-state index in [1.54, 1.807) is 32.3 Å². The van der Waals surface area contributed by atoms with Crippen molar-refractivity contribution in [3.05, 3.63) is 74.7 Å². The molecular formula is C22H22ClN3O3S. The van der Waals surface area contributed by atoms with Crippen molar-refractivity contribution in [1.29, 1.82) is 0 Å². The number of nitrogens with zero attached hydrogens (tertiary/aromatic N) is 2. The van der Waals surface area contributed by atoms with Crippen LogP contribution in [-0.4, -0.2) is 35.8 Å². The molecule has 0 spiro atoms. The molecular weight excluding hydrogens is 422 g/mol. The van der Waals surface area contributed by atoms with Crippen molar-refractivity contribution in [1.82, 2.24) is 9.88 Å². The van der Waals surface area contributed by atoms with Crippen LogP contribution in [0.1, 0.15) is 26.6 Å². The number of hydrogen-bond donors (Lipinski definition) is 1. The Morgan fingerprint density at radius 3 is 2.60 bits per heavy atom. The van der Waals surface area contributed by atoms with Gasteiger partial charge in [0, 0.05) is 25.0 Å². The average molecular weight is 444 g/mol. The largest absolute Gasteiger partial charge is 0.486 e. The number of amides is 2. The van der Waals surface area contributed by atoms with E-state index in [0.29, 0.717) is 28.6 Å². The van der Waals surface area contributed by atoms with Gasteiger partial charge in [0.2, 0.25) is 5.91 Å². The van der Waals surface area contributed by atoms with Gasteiger partial charge in [-0.15, -0.1) is 11.3 Å². The van der Waals surface area contributed by atoms with E-state index in [2.05, 4.69) is 10.3 Å². The van der Waals surface area contributed by atoms with E-state index in [9.17, 15) is 9.59 Å². The van der Waals surface area contributed by atoms with Gasteiger partial charge < -0.3 is 15.0 Å². The number of carbonyl (C=O) groups is 2. The molecule has 1 heterocycles. The molecule has 0 fully saturated rings. The topological polar surface area (TPSA) is 71.5 Å². The van der Waals surface area contributed by atoms with Crippen LogP contribution in [0.15, 0.2) is 47.8 Å². The number of rotatable bonds is 7. The van der Waals surface area contributed by atoms with Gasteiger partial charge in [-0.25, -0.2) is 4.98 Å². The van der Waals surface area contributed by atoms with Gasteiger partial charge in [0.1, 0.15) is 17.4 Å². The fourth-order valence-electron chi connectivity index (χ4n) is 2.65. The summed E-state index contributed by atoms with van der Waals surface area (Å²) >= 11 is 7.61. The molecule has 0 aliphatic rings. The maximum atomic E-state index is 12.4. The van der Waals surface area contributed by atoms with Gasteiger partial charge in [-0.2, -0.15) is 0 Å². The molecule has 30 heavy (non-hydrogen) atoms. The smallest absolute Gasteiger partial charge is 0.253 e. The van der Waals surface area contributed by atoms with Crippen LogP contribution in [0.25, 0.3) is 0 Å². The first-order chi connectivity index (χ1) is 14.3. The quantitative estimate of drug-likeness (QED) is 0.580. The highest BCUT2D eigenvalue weighted by molar-refractivity contribution is 7.09. The van der Waals surface area contributed by atoms with Crippen LogP contribution in [-0.2, 0) is 17.8 Å². The predicted octanol–water partition coefficient (Wildman–Crippen LogP) is 4.57. The molecule has 3 rings (SSSR count). The monoisotopic (exact) mass is 443 g/mol. The lowest BCUT2D eigenvalue weighted by Crippen LogP contribution is -2.22. The summed E-state index contributed by atoms with van der Waals surface area (Å²) in [5, 5.41) is 5.74. The van der Waals surface area contributed by atoms with E-state index in [0.717, 1.165) is 10.8 Å². The van der Waals surface area contributed by atoms with Crippen molar-refractivity contribution >= 4 is 40.4 Å². The van der Waals surface area contributed by atoms with Gasteiger partial charge in [0.05, 0.1) is 22.8 Å². The number of nitrogens with one attached hydrogen (secondary N) is 1. The number of anilines is 1. The third-order valence-corrected chi connectivity index (χ3v) is 5.42. The zero-order chi connectivity index (χ0) is 21.7. The summed E-state index contributed by atoms with van der Waals surface area (Å²) in [6.45, 7) is 2.36. The van der Waals surface area contributed by atoms with Crippen LogP contribution < -0.4 is 10.1 Å². The molecule has 0 aliphatic carbocycles. The molecule has 0 saturated carbocycles. The number of halogens is 1. The third-order valence-electron chi connectivity index (χ3n) is 4.22. The molecule has 3 aromatic rings. The van der Waals surface area contributed by atoms with Crippen molar-refractivity contribution < 1.29 is 14.3 Å². The van der Waals surface area contributed by atoms with Crippen LogP contribution >= 0.6 is 22.9 Å². The first kappa shape index (κ1) is 21.8. The molecule has 0 atom stereocenters. The standard InChI is InChI=1S/C22H22ClN3O3S/c1-14-4-7-17(8-5-14)29-12-21-24-16(13-30-21)11-20(27)25-19-10-15(6-9-18(19)23)22(28)26(2)3/h4-10,13H,11-12H2,1-3H3,(H,25,27). The van der Waals surface area contributed by atoms with Gasteiger partial charge >= 0.3 is 0 Å². The van der Waals surface area contributed by atoms with Gasteiger partial charge in [-0.1, -0.05) is 29.3 Å². The van der Waals surface area contributed by atoms with Gasteiger partial charge in [-0.3, -0.25) is 9.59 Å². The van der Waals surface area contributed by atoms with Crippen molar-refractivity contribution in [3.8, 4) is 5.75 Å². The molecule has 156 valence electrons. The van der Waals surface area contributed by atoms with Crippen LogP contribution in [0.5, 0.6) is 5.75 Å². The molecule has 6 nitrogen and oxygen atoms in total. The lowest BCUT2D eigenvalue weighted by Gasteiger charge is -2.12. The zero-order valence-corrected chi connectivity index (χ0v) is 18.5. The zero-order valence-electron chi connectivity index (χ0n) is 16.9. The molecule has 2 amide bonds. The number of benzene rings is 2. The number of carbonyl (C=O) groups excluding carboxylic acids is 2. The Labute approximate surface area is 184 Å². The molecule has 1 aromatic heterocycles. The van der Waals surface area contributed by atoms with Crippen molar-refractivity contribution in [2.45, 2.75) is 20.0 Å². The normalized spacial score (nSPS) is 10.5. The number of thiazole rings is 1. The van der Waals surface area contributed by atoms with Crippen molar-refractivity contribution in [3.63, 3.8) is 0 Å². The maximum Gasteiger partial charge on any atom is 0.253 e. The summed E-state index contributed by atoms with van der Waals surface area (Å²) < 4.78 is 5.73. The minimum atomic E-state index is -0.261. The lowest BCUT2D eigenvalue weighted by molar-refractivity contribution is -0.115. The van der Waals surface area contributed by atoms with Gasteiger partial charge in [0.25, 0.3) is 5.91 Å². The predicted molar refractivity (Wildman–Crippen MR) is 119 cm³/mol. The molecule has 1 N–H and O–H groups in total. The molecule has 8 heteroatoms. The highest BCUT2D eigenvalue weighted by atomic mass is 35.5. The van der Waals surface area contributed by atoms with E-state index >= 15 is 0 Å². The average Bonchev–Trinajstić information content (AvgIpc) is 3.15. The Morgan fingerprint density at radius 2 is 1.90 bits per heavy atom. The molecule has 0 radical (unpaired) electrons. The number of aromatic nitrogens is 1. The Bertz CT molecular complexity index is 1050. The van der Waals surface area contributed by atoms with E-state index < -0.39 is 0 Å². The molecule has 0 bridgehead atoms. The van der Waals surface area contributed by atoms with E-state index in [1.807, 2.05) is 36.6 Å². The van der Waals surface area contributed by atoms with E-state index in [-0.39, 0.29) is 18.2 Å². The fourth-order valence-corrected chi connectivity index (χ4v) is 3.52. The number of ether oxygens (including phenoxy) is 1. The second-order valence-corrected chi connectivity index (χ2v) is 8.30. The summed E-state index contributed by atoms with van der Waals surface area (Å²) in [4.78, 5) is 30.5. The highest BCUT2D eigenvalue weighted by Crippen LogP contribution is 2.24. The van der Waals surface area contributed by atoms with Crippen LogP contribution in [0, 0.1) is 6.92 Å². The SMILES string of the molecule is Cc1ccc(OCc2nc(CC(=O)Nc3cc(C(=O)N(C)C)ccc3Cl)cs2)cc1. The van der Waals surface area contributed by atoms with Crippen LogP contribution in [0.4, 0.5) is 5.69 Å². The molecule has 2 aromatic carbocycles. The minimum absolute atomic E-state index is 0.100. The second kappa shape index (κ2) is 9.73. The van der Waals surface area contributed by atoms with Crippen molar-refractivity contribution in [2.24, 2.45) is 0 Å².